The van der Waals surface area contributed by atoms with Gasteiger partial charge in [-0.1, -0.05) is 12.1 Å². The van der Waals surface area contributed by atoms with Crippen molar-refractivity contribution in [1.82, 2.24) is 5.32 Å². The van der Waals surface area contributed by atoms with Gasteiger partial charge in [-0.2, -0.15) is 0 Å². The van der Waals surface area contributed by atoms with Crippen LogP contribution in [0.4, 0.5) is 10.1 Å². The van der Waals surface area contributed by atoms with E-state index in [1.54, 1.807) is 0 Å². The Labute approximate surface area is 151 Å². The third-order valence-corrected chi connectivity index (χ3v) is 5.69. The lowest BCUT2D eigenvalue weighted by atomic mass is 10.1. The number of benzene rings is 2. The summed E-state index contributed by atoms with van der Waals surface area (Å²) in [6, 6.07) is 10.9. The lowest BCUT2D eigenvalue weighted by Crippen LogP contribution is -2.41. The van der Waals surface area contributed by atoms with Crippen LogP contribution in [0, 0.1) is 11.7 Å². The number of halogens is 1. The Balaban J connectivity index is 1.72. The molecule has 1 atom stereocenters. The van der Waals surface area contributed by atoms with Crippen LogP contribution in [-0.4, -0.2) is 26.9 Å². The fourth-order valence-corrected chi connectivity index (χ4v) is 3.72. The van der Waals surface area contributed by atoms with Gasteiger partial charge in [0.05, 0.1) is 10.6 Å². The van der Waals surface area contributed by atoms with Gasteiger partial charge in [-0.3, -0.25) is 9.52 Å². The number of para-hydroxylation sites is 1. The van der Waals surface area contributed by atoms with E-state index in [1.165, 1.54) is 48.5 Å². The summed E-state index contributed by atoms with van der Waals surface area (Å²) < 4.78 is 40.6. The average molecular weight is 377 g/mol. The van der Waals surface area contributed by atoms with E-state index < -0.39 is 15.8 Å². The summed E-state index contributed by atoms with van der Waals surface area (Å²) >= 11 is 0. The second kappa shape index (κ2) is 7.43. The van der Waals surface area contributed by atoms with Crippen LogP contribution >= 0.6 is 0 Å². The molecule has 1 fully saturated rings. The quantitative estimate of drug-likeness (QED) is 0.688. The predicted molar refractivity (Wildman–Crippen MR) is 96.7 cm³/mol. The van der Waals surface area contributed by atoms with Crippen molar-refractivity contribution in [3.63, 3.8) is 0 Å². The van der Waals surface area contributed by atoms with Gasteiger partial charge in [-0.05, 0) is 55.2 Å². The Morgan fingerprint density at radius 3 is 2.38 bits per heavy atom. The molecule has 0 bridgehead atoms. The fourth-order valence-electron chi connectivity index (χ4n) is 2.65. The summed E-state index contributed by atoms with van der Waals surface area (Å²) in [7, 11) is -3.95. The van der Waals surface area contributed by atoms with Crippen molar-refractivity contribution in [3.05, 3.63) is 59.9 Å². The van der Waals surface area contributed by atoms with Crippen LogP contribution in [0.1, 0.15) is 23.2 Å². The molecule has 8 heteroatoms. The molecule has 1 aliphatic rings. The van der Waals surface area contributed by atoms with Gasteiger partial charge >= 0.3 is 0 Å². The molecule has 0 spiro atoms. The SMILES string of the molecule is NCC(NC(=O)c1ccc(S(=O)(=O)Nc2ccccc2F)cc1)C1CC1. The van der Waals surface area contributed by atoms with E-state index in [2.05, 4.69) is 10.0 Å². The van der Waals surface area contributed by atoms with Gasteiger partial charge in [-0.25, -0.2) is 12.8 Å². The fraction of sp³-hybridized carbons (Fsp3) is 0.278. The normalized spacial score (nSPS) is 15.3. The summed E-state index contributed by atoms with van der Waals surface area (Å²) in [5.41, 5.74) is 5.88. The van der Waals surface area contributed by atoms with Crippen LogP contribution in [0.15, 0.2) is 53.4 Å². The maximum absolute atomic E-state index is 13.6. The highest BCUT2D eigenvalue weighted by Gasteiger charge is 2.31. The van der Waals surface area contributed by atoms with Crippen LogP contribution in [0.5, 0.6) is 0 Å². The van der Waals surface area contributed by atoms with Gasteiger partial charge in [0.2, 0.25) is 0 Å². The lowest BCUT2D eigenvalue weighted by Gasteiger charge is -2.16. The molecular weight excluding hydrogens is 357 g/mol. The molecule has 0 aliphatic heterocycles. The minimum atomic E-state index is -3.95. The number of carbonyl (C=O) groups excluding carboxylic acids is 1. The monoisotopic (exact) mass is 377 g/mol. The highest BCUT2D eigenvalue weighted by Crippen LogP contribution is 2.32. The second-order valence-corrected chi connectivity index (χ2v) is 7.95. The molecule has 4 N–H and O–H groups in total. The first-order valence-corrected chi connectivity index (χ1v) is 9.77. The summed E-state index contributed by atoms with van der Waals surface area (Å²) in [6.45, 7) is 0.370. The number of rotatable bonds is 7. The molecule has 0 saturated heterocycles. The van der Waals surface area contributed by atoms with Crippen molar-refractivity contribution in [2.45, 2.75) is 23.8 Å². The van der Waals surface area contributed by atoms with E-state index in [4.69, 9.17) is 5.73 Å². The molecule has 1 aliphatic carbocycles. The topological polar surface area (TPSA) is 101 Å². The van der Waals surface area contributed by atoms with Gasteiger partial charge < -0.3 is 11.1 Å². The standard InChI is InChI=1S/C18H20FN3O3S/c19-15-3-1-2-4-16(15)22-26(24,25)14-9-7-13(8-10-14)18(23)21-17(11-20)12-5-6-12/h1-4,7-10,12,17,22H,5-6,11,20H2,(H,21,23). The van der Waals surface area contributed by atoms with Crippen molar-refractivity contribution in [2.75, 3.05) is 11.3 Å². The van der Waals surface area contributed by atoms with Crippen molar-refractivity contribution in [1.29, 1.82) is 0 Å². The van der Waals surface area contributed by atoms with E-state index in [-0.39, 0.29) is 22.5 Å². The van der Waals surface area contributed by atoms with E-state index in [0.29, 0.717) is 18.0 Å². The molecular formula is C18H20FN3O3S. The Morgan fingerprint density at radius 2 is 1.81 bits per heavy atom. The van der Waals surface area contributed by atoms with E-state index in [1.807, 2.05) is 0 Å². The van der Waals surface area contributed by atoms with E-state index in [0.717, 1.165) is 12.8 Å². The number of anilines is 1. The molecule has 0 heterocycles. The molecule has 0 aromatic heterocycles. The summed E-state index contributed by atoms with van der Waals surface area (Å²) in [5, 5.41) is 2.87. The Hall–Kier alpha value is -2.45. The van der Waals surface area contributed by atoms with Gasteiger partial charge in [0.15, 0.2) is 0 Å². The van der Waals surface area contributed by atoms with E-state index in [9.17, 15) is 17.6 Å². The van der Waals surface area contributed by atoms with Crippen LogP contribution < -0.4 is 15.8 Å². The molecule has 6 nitrogen and oxygen atoms in total. The number of hydrogen-bond acceptors (Lipinski definition) is 4. The molecule has 1 unspecified atom stereocenters. The maximum Gasteiger partial charge on any atom is 0.261 e. The lowest BCUT2D eigenvalue weighted by molar-refractivity contribution is 0.0933. The van der Waals surface area contributed by atoms with Crippen molar-refractivity contribution in [3.8, 4) is 0 Å². The average Bonchev–Trinajstić information content (AvgIpc) is 3.46. The van der Waals surface area contributed by atoms with Gasteiger partial charge in [-0.15, -0.1) is 0 Å². The number of sulfonamides is 1. The maximum atomic E-state index is 13.6. The first-order valence-electron chi connectivity index (χ1n) is 8.29. The van der Waals surface area contributed by atoms with E-state index >= 15 is 0 Å². The van der Waals surface area contributed by atoms with Crippen molar-refractivity contribution >= 4 is 21.6 Å². The smallest absolute Gasteiger partial charge is 0.261 e. The third kappa shape index (κ3) is 4.20. The first-order chi connectivity index (χ1) is 12.4. The molecule has 138 valence electrons. The minimum Gasteiger partial charge on any atom is -0.348 e. The molecule has 3 rings (SSSR count). The highest BCUT2D eigenvalue weighted by atomic mass is 32.2. The highest BCUT2D eigenvalue weighted by molar-refractivity contribution is 7.92. The zero-order chi connectivity index (χ0) is 18.7. The molecule has 26 heavy (non-hydrogen) atoms. The summed E-state index contributed by atoms with van der Waals surface area (Å²) in [5.74, 6) is -0.535. The van der Waals surface area contributed by atoms with Crippen LogP contribution in [0.2, 0.25) is 0 Å². The van der Waals surface area contributed by atoms with Gasteiger partial charge in [0.25, 0.3) is 15.9 Å². The largest absolute Gasteiger partial charge is 0.348 e. The summed E-state index contributed by atoms with van der Waals surface area (Å²) in [4.78, 5) is 12.2. The molecule has 2 aromatic rings. The third-order valence-electron chi connectivity index (χ3n) is 4.31. The molecule has 1 saturated carbocycles. The second-order valence-electron chi connectivity index (χ2n) is 6.26. The Bertz CT molecular complexity index is 896. The van der Waals surface area contributed by atoms with Crippen LogP contribution in [0.3, 0.4) is 0 Å². The number of nitrogens with one attached hydrogen (secondary N) is 2. The van der Waals surface area contributed by atoms with Crippen LogP contribution in [0.25, 0.3) is 0 Å². The minimum absolute atomic E-state index is 0.0603. The van der Waals surface area contributed by atoms with Crippen LogP contribution in [-0.2, 0) is 10.0 Å². The summed E-state index contributed by atoms with van der Waals surface area (Å²) in [6.07, 6.45) is 2.11. The molecule has 0 radical (unpaired) electrons. The van der Waals surface area contributed by atoms with Crippen molar-refractivity contribution < 1.29 is 17.6 Å². The Kier molecular flexibility index (Phi) is 5.24. The molecule has 2 aromatic carbocycles. The predicted octanol–water partition coefficient (Wildman–Crippen LogP) is 2.09. The number of hydrogen-bond donors (Lipinski definition) is 3. The first kappa shape index (κ1) is 18.3. The number of nitrogens with two attached hydrogens (primary N) is 1. The molecule has 1 amide bonds. The zero-order valence-electron chi connectivity index (χ0n) is 14.0. The number of carbonyl (C=O) groups is 1. The number of amides is 1. The zero-order valence-corrected chi connectivity index (χ0v) is 14.8. The Morgan fingerprint density at radius 1 is 1.15 bits per heavy atom. The van der Waals surface area contributed by atoms with Gasteiger partial charge in [0, 0.05) is 18.2 Å². The van der Waals surface area contributed by atoms with Crippen molar-refractivity contribution in [2.24, 2.45) is 11.7 Å². The van der Waals surface area contributed by atoms with Gasteiger partial charge in [0.1, 0.15) is 5.82 Å².